The topological polar surface area (TPSA) is 17.1 Å². The normalized spacial score (nSPS) is 19.1. The highest BCUT2D eigenvalue weighted by Gasteiger charge is 2.29. The molecule has 1 rings (SSSR count). The van der Waals surface area contributed by atoms with Gasteiger partial charge in [-0.1, -0.05) is 13.8 Å². The van der Waals surface area contributed by atoms with E-state index in [9.17, 15) is 4.79 Å². The van der Waals surface area contributed by atoms with Crippen molar-refractivity contribution in [3.63, 3.8) is 0 Å². The van der Waals surface area contributed by atoms with Crippen molar-refractivity contribution in [2.45, 2.75) is 46.0 Å². The Morgan fingerprint density at radius 3 is 2.39 bits per heavy atom. The van der Waals surface area contributed by atoms with Crippen LogP contribution >= 0.6 is 11.8 Å². The van der Waals surface area contributed by atoms with Gasteiger partial charge in [0.25, 0.3) is 0 Å². The second kappa shape index (κ2) is 8.21. The first-order chi connectivity index (χ1) is 8.59. The van der Waals surface area contributed by atoms with Crippen molar-refractivity contribution in [1.82, 2.24) is 0 Å². The summed E-state index contributed by atoms with van der Waals surface area (Å²) in [4.78, 5) is 11.7. The standard InChI is InChI=1S/C15H30NOS/c1-14(2)15(17)8-7-11-16(12-13-18-3)9-5-4-6-10-16/h14H,4-13H2,1-3H3/q+1. The maximum absolute atomic E-state index is 11.7. The Morgan fingerprint density at radius 1 is 1.17 bits per heavy atom. The van der Waals surface area contributed by atoms with E-state index in [-0.39, 0.29) is 5.92 Å². The number of carbonyl (C=O) groups is 1. The van der Waals surface area contributed by atoms with Gasteiger partial charge in [0.05, 0.1) is 26.2 Å². The van der Waals surface area contributed by atoms with Gasteiger partial charge in [0.1, 0.15) is 5.78 Å². The fraction of sp³-hybridized carbons (Fsp3) is 0.933. The maximum Gasteiger partial charge on any atom is 0.135 e. The molecule has 0 atom stereocenters. The van der Waals surface area contributed by atoms with Crippen molar-refractivity contribution in [1.29, 1.82) is 0 Å². The van der Waals surface area contributed by atoms with E-state index in [1.54, 1.807) is 0 Å². The lowest BCUT2D eigenvalue weighted by atomic mass is 10.0. The van der Waals surface area contributed by atoms with Crippen LogP contribution in [0.3, 0.4) is 0 Å². The van der Waals surface area contributed by atoms with Crippen LogP contribution in [-0.2, 0) is 4.79 Å². The minimum Gasteiger partial charge on any atom is -0.323 e. The van der Waals surface area contributed by atoms with Crippen LogP contribution in [0.15, 0.2) is 0 Å². The lowest BCUT2D eigenvalue weighted by molar-refractivity contribution is -0.930. The van der Waals surface area contributed by atoms with E-state index >= 15 is 0 Å². The van der Waals surface area contributed by atoms with Gasteiger partial charge in [0, 0.05) is 24.5 Å². The summed E-state index contributed by atoms with van der Waals surface area (Å²) in [5.74, 6) is 1.92. The van der Waals surface area contributed by atoms with Gasteiger partial charge in [-0.15, -0.1) is 0 Å². The number of quaternary nitrogens is 1. The summed E-state index contributed by atoms with van der Waals surface area (Å²) in [6.45, 7) is 9.24. The zero-order valence-electron chi connectivity index (χ0n) is 12.4. The monoisotopic (exact) mass is 272 g/mol. The lowest BCUT2D eigenvalue weighted by Gasteiger charge is -2.41. The van der Waals surface area contributed by atoms with E-state index in [0.29, 0.717) is 5.78 Å². The summed E-state index contributed by atoms with van der Waals surface area (Å²) < 4.78 is 1.28. The molecule has 0 aromatic heterocycles. The van der Waals surface area contributed by atoms with Gasteiger partial charge < -0.3 is 4.48 Å². The number of rotatable bonds is 8. The van der Waals surface area contributed by atoms with Crippen LogP contribution in [0.1, 0.15) is 46.0 Å². The minimum atomic E-state index is 0.214. The highest BCUT2D eigenvalue weighted by atomic mass is 32.2. The van der Waals surface area contributed by atoms with E-state index in [0.717, 1.165) is 12.8 Å². The van der Waals surface area contributed by atoms with Crippen LogP contribution in [0.25, 0.3) is 0 Å². The first-order valence-corrected chi connectivity index (χ1v) is 8.86. The average Bonchev–Trinajstić information content (AvgIpc) is 2.37. The summed E-state index contributed by atoms with van der Waals surface area (Å²) in [5, 5.41) is 0. The molecule has 2 nitrogen and oxygen atoms in total. The first kappa shape index (κ1) is 16.0. The fourth-order valence-electron chi connectivity index (χ4n) is 2.90. The summed E-state index contributed by atoms with van der Waals surface area (Å²) in [6.07, 6.45) is 8.24. The van der Waals surface area contributed by atoms with Gasteiger partial charge >= 0.3 is 0 Å². The number of thioether (sulfide) groups is 1. The zero-order chi connectivity index (χ0) is 13.4. The molecule has 0 saturated carbocycles. The molecule has 0 radical (unpaired) electrons. The predicted molar refractivity (Wildman–Crippen MR) is 81.0 cm³/mol. The molecule has 0 aromatic rings. The molecule has 0 N–H and O–H groups in total. The van der Waals surface area contributed by atoms with E-state index in [1.165, 1.54) is 55.7 Å². The number of hydrogen-bond donors (Lipinski definition) is 0. The highest BCUT2D eigenvalue weighted by Crippen LogP contribution is 2.21. The molecule has 1 aliphatic heterocycles. The predicted octanol–water partition coefficient (Wildman–Crippen LogP) is 3.36. The van der Waals surface area contributed by atoms with Crippen LogP contribution < -0.4 is 0 Å². The lowest BCUT2D eigenvalue weighted by Crippen LogP contribution is -2.53. The second-order valence-electron chi connectivity index (χ2n) is 6.01. The molecule has 1 saturated heterocycles. The van der Waals surface area contributed by atoms with Crippen LogP contribution in [0.4, 0.5) is 0 Å². The number of likely N-dealkylation sites (tertiary alicyclic amines) is 1. The zero-order valence-corrected chi connectivity index (χ0v) is 13.2. The number of ketones is 1. The van der Waals surface area contributed by atoms with Crippen molar-refractivity contribution in [2.24, 2.45) is 5.92 Å². The third-order valence-corrected chi connectivity index (χ3v) is 4.83. The second-order valence-corrected chi connectivity index (χ2v) is 7.00. The van der Waals surface area contributed by atoms with Gasteiger partial charge in [-0.3, -0.25) is 4.79 Å². The Bertz CT molecular complexity index is 247. The number of hydrogen-bond acceptors (Lipinski definition) is 2. The number of carbonyl (C=O) groups excluding carboxylic acids is 1. The highest BCUT2D eigenvalue weighted by molar-refractivity contribution is 7.98. The fourth-order valence-corrected chi connectivity index (χ4v) is 3.47. The maximum atomic E-state index is 11.7. The molecule has 18 heavy (non-hydrogen) atoms. The molecule has 0 unspecified atom stereocenters. The number of Topliss-reactive ketones (excluding diaryl/α,β-unsaturated/α-hetero) is 1. The Labute approximate surface area is 117 Å². The van der Waals surface area contributed by atoms with Crippen molar-refractivity contribution in [3.05, 3.63) is 0 Å². The molecule has 0 aliphatic carbocycles. The van der Waals surface area contributed by atoms with Crippen LogP contribution in [0, 0.1) is 5.92 Å². The summed E-state index contributed by atoms with van der Waals surface area (Å²) >= 11 is 1.96. The van der Waals surface area contributed by atoms with Crippen LogP contribution in [-0.4, -0.2) is 48.5 Å². The van der Waals surface area contributed by atoms with Crippen molar-refractivity contribution >= 4 is 17.5 Å². The number of nitrogens with zero attached hydrogens (tertiary/aromatic N) is 1. The quantitative estimate of drug-likeness (QED) is 0.630. The van der Waals surface area contributed by atoms with E-state index in [2.05, 4.69) is 6.26 Å². The third-order valence-electron chi connectivity index (χ3n) is 4.23. The van der Waals surface area contributed by atoms with E-state index in [4.69, 9.17) is 0 Å². The summed E-state index contributed by atoms with van der Waals surface area (Å²) in [6, 6.07) is 0. The van der Waals surface area contributed by atoms with Gasteiger partial charge in [-0.25, -0.2) is 0 Å². The van der Waals surface area contributed by atoms with Crippen LogP contribution in [0.5, 0.6) is 0 Å². The van der Waals surface area contributed by atoms with Crippen molar-refractivity contribution in [2.75, 3.05) is 38.2 Å². The molecule has 1 aliphatic rings. The first-order valence-electron chi connectivity index (χ1n) is 7.46. The van der Waals surface area contributed by atoms with Crippen molar-refractivity contribution in [3.8, 4) is 0 Å². The van der Waals surface area contributed by atoms with Gasteiger partial charge in [0.15, 0.2) is 0 Å². The molecule has 106 valence electrons. The smallest absolute Gasteiger partial charge is 0.135 e. The Kier molecular flexibility index (Phi) is 7.31. The summed E-state index contributed by atoms with van der Waals surface area (Å²) in [7, 11) is 0. The van der Waals surface area contributed by atoms with Gasteiger partial charge in [-0.2, -0.15) is 11.8 Å². The van der Waals surface area contributed by atoms with Crippen LogP contribution in [0.2, 0.25) is 0 Å². The molecule has 0 spiro atoms. The molecular formula is C15H30NOS+. The molecule has 3 heteroatoms. The summed E-state index contributed by atoms with van der Waals surface area (Å²) in [5.41, 5.74) is 0. The molecule has 1 heterocycles. The molecule has 0 amide bonds. The molecular weight excluding hydrogens is 242 g/mol. The van der Waals surface area contributed by atoms with E-state index < -0.39 is 0 Å². The van der Waals surface area contributed by atoms with Gasteiger partial charge in [-0.05, 0) is 25.5 Å². The molecule has 1 fully saturated rings. The van der Waals surface area contributed by atoms with Gasteiger partial charge in [0.2, 0.25) is 0 Å². The molecule has 0 aromatic carbocycles. The molecule has 0 bridgehead atoms. The Hall–Kier alpha value is -0.0200. The Morgan fingerprint density at radius 2 is 1.83 bits per heavy atom. The number of piperidine rings is 1. The van der Waals surface area contributed by atoms with E-state index in [1.807, 2.05) is 25.6 Å². The largest absolute Gasteiger partial charge is 0.323 e. The SMILES string of the molecule is CSCC[N+]1(CCCC(=O)C(C)C)CCCCC1. The minimum absolute atomic E-state index is 0.214. The third kappa shape index (κ3) is 5.31. The Balaban J connectivity index is 2.38. The van der Waals surface area contributed by atoms with Crippen molar-refractivity contribution < 1.29 is 9.28 Å². The average molecular weight is 272 g/mol.